The molecule has 3 heterocycles. The number of aromatic amines is 1. The fourth-order valence-corrected chi connectivity index (χ4v) is 4.29. The van der Waals surface area contributed by atoms with Gasteiger partial charge in [-0.25, -0.2) is 4.98 Å². The summed E-state index contributed by atoms with van der Waals surface area (Å²) in [5.74, 6) is -1.48. The van der Waals surface area contributed by atoms with Crippen LogP contribution in [0, 0.1) is 6.92 Å². The van der Waals surface area contributed by atoms with Crippen molar-refractivity contribution >= 4 is 46.0 Å². The molecule has 9 heteroatoms. The molecule has 1 amide bonds. The number of ether oxygens (including phenoxy) is 1. The van der Waals surface area contributed by atoms with Crippen LogP contribution in [0.25, 0.3) is 16.8 Å². The number of carbonyl (C=O) groups excluding carboxylic acids is 2. The van der Waals surface area contributed by atoms with Gasteiger partial charge >= 0.3 is 5.91 Å². The number of aliphatic hydroxyl groups excluding tert-OH is 1. The van der Waals surface area contributed by atoms with Gasteiger partial charge in [0.25, 0.3) is 5.78 Å². The molecule has 1 saturated heterocycles. The third-order valence-electron chi connectivity index (χ3n) is 5.73. The first kappa shape index (κ1) is 21.7. The number of aromatic nitrogens is 3. The molecule has 2 aromatic carbocycles. The number of benzene rings is 2. The number of nitrogens with zero attached hydrogens (tertiary/aromatic N) is 3. The third-order valence-corrected chi connectivity index (χ3v) is 6.06. The molecule has 5 rings (SSSR count). The zero-order valence-electron chi connectivity index (χ0n) is 18.2. The number of fused-ring (bicyclic) bond motifs is 1. The Labute approximate surface area is 199 Å². The highest BCUT2D eigenvalue weighted by molar-refractivity contribution is 6.51. The number of anilines is 1. The average Bonchev–Trinajstić information content (AvgIpc) is 3.37. The molecule has 1 fully saturated rings. The molecule has 1 unspecified atom stereocenters. The van der Waals surface area contributed by atoms with Crippen molar-refractivity contribution in [1.29, 1.82) is 0 Å². The van der Waals surface area contributed by atoms with Crippen molar-refractivity contribution in [3.8, 4) is 5.75 Å². The molecule has 8 nitrogen and oxygen atoms in total. The van der Waals surface area contributed by atoms with Crippen molar-refractivity contribution in [3.05, 3.63) is 88.2 Å². The Hall–Kier alpha value is -4.17. The van der Waals surface area contributed by atoms with E-state index in [0.29, 0.717) is 16.8 Å². The van der Waals surface area contributed by atoms with Gasteiger partial charge in [0.15, 0.2) is 0 Å². The Morgan fingerprint density at radius 3 is 2.74 bits per heavy atom. The number of halogens is 1. The second-order valence-electron chi connectivity index (χ2n) is 7.88. The second-order valence-corrected chi connectivity index (χ2v) is 8.29. The number of rotatable bonds is 4. The molecule has 0 radical (unpaired) electrons. The number of methoxy groups -OCH3 is 1. The minimum atomic E-state index is -0.974. The zero-order valence-corrected chi connectivity index (χ0v) is 19.0. The second kappa shape index (κ2) is 8.31. The number of carbonyl (C=O) groups is 2. The lowest BCUT2D eigenvalue weighted by atomic mass is 9.96. The van der Waals surface area contributed by atoms with E-state index in [1.807, 2.05) is 25.1 Å². The van der Waals surface area contributed by atoms with Crippen molar-refractivity contribution in [2.24, 2.45) is 0 Å². The van der Waals surface area contributed by atoms with E-state index in [-0.39, 0.29) is 22.1 Å². The first-order valence-corrected chi connectivity index (χ1v) is 10.8. The summed E-state index contributed by atoms with van der Waals surface area (Å²) in [6.07, 6.45) is 3.12. The predicted octanol–water partition coefficient (Wildman–Crippen LogP) is 4.55. The van der Waals surface area contributed by atoms with E-state index in [4.69, 9.17) is 16.3 Å². The zero-order chi connectivity index (χ0) is 24.0. The van der Waals surface area contributed by atoms with Gasteiger partial charge in [-0.1, -0.05) is 23.7 Å². The summed E-state index contributed by atoms with van der Waals surface area (Å²) >= 11 is 6.34. The predicted molar refractivity (Wildman–Crippen MR) is 128 cm³/mol. The molecule has 34 heavy (non-hydrogen) atoms. The quantitative estimate of drug-likeness (QED) is 0.255. The van der Waals surface area contributed by atoms with Gasteiger partial charge in [0, 0.05) is 18.0 Å². The first-order valence-electron chi connectivity index (χ1n) is 10.4. The molecule has 0 bridgehead atoms. The smallest absolute Gasteiger partial charge is 0.302 e. The molecule has 0 aliphatic carbocycles. The van der Waals surface area contributed by atoms with Gasteiger partial charge in [-0.05, 0) is 54.4 Å². The number of Topliss-reactive ketones (excluding diaryl/α,β-unsaturated/α-hetero) is 1. The van der Waals surface area contributed by atoms with Gasteiger partial charge in [-0.3, -0.25) is 19.5 Å². The van der Waals surface area contributed by atoms with Gasteiger partial charge in [0.05, 0.1) is 34.8 Å². The molecular formula is C25H19ClN4O4. The Morgan fingerprint density at radius 2 is 2.00 bits per heavy atom. The summed E-state index contributed by atoms with van der Waals surface area (Å²) in [5, 5.41) is 11.5. The van der Waals surface area contributed by atoms with Crippen molar-refractivity contribution < 1.29 is 19.4 Å². The maximum absolute atomic E-state index is 13.3. The summed E-state index contributed by atoms with van der Waals surface area (Å²) in [6.45, 7) is 1.94. The van der Waals surface area contributed by atoms with Crippen LogP contribution in [0.5, 0.6) is 5.75 Å². The van der Waals surface area contributed by atoms with Gasteiger partial charge in [0.1, 0.15) is 11.5 Å². The lowest BCUT2D eigenvalue weighted by Gasteiger charge is -2.22. The summed E-state index contributed by atoms with van der Waals surface area (Å²) in [6, 6.07) is 12.8. The van der Waals surface area contributed by atoms with Crippen molar-refractivity contribution in [3.63, 3.8) is 0 Å². The van der Waals surface area contributed by atoms with E-state index < -0.39 is 23.5 Å². The number of H-pyrrole nitrogens is 1. The molecule has 1 atom stereocenters. The fourth-order valence-electron chi connectivity index (χ4n) is 4.09. The van der Waals surface area contributed by atoms with Crippen LogP contribution in [0.2, 0.25) is 5.02 Å². The fraction of sp³-hybridized carbons (Fsp3) is 0.120. The van der Waals surface area contributed by atoms with E-state index in [0.717, 1.165) is 11.1 Å². The van der Waals surface area contributed by atoms with Gasteiger partial charge < -0.3 is 14.8 Å². The number of hydrogen-bond acceptors (Lipinski definition) is 6. The van der Waals surface area contributed by atoms with Crippen LogP contribution in [0.15, 0.2) is 66.5 Å². The van der Waals surface area contributed by atoms with Crippen LogP contribution in [0.3, 0.4) is 0 Å². The number of imidazole rings is 1. The molecule has 0 spiro atoms. The Balaban J connectivity index is 1.74. The number of nitrogens with one attached hydrogen (secondary N) is 1. The molecule has 2 N–H and O–H groups in total. The molecule has 1 aliphatic heterocycles. The molecule has 0 saturated carbocycles. The largest absolute Gasteiger partial charge is 0.507 e. The van der Waals surface area contributed by atoms with E-state index in [1.165, 1.54) is 24.3 Å². The van der Waals surface area contributed by atoms with Crippen LogP contribution < -0.4 is 9.64 Å². The Kier molecular flexibility index (Phi) is 5.30. The van der Waals surface area contributed by atoms with E-state index in [9.17, 15) is 14.7 Å². The first-order chi connectivity index (χ1) is 16.4. The summed E-state index contributed by atoms with van der Waals surface area (Å²) < 4.78 is 5.24. The number of ketones is 1. The minimum absolute atomic E-state index is 0.121. The topological polar surface area (TPSA) is 108 Å². The van der Waals surface area contributed by atoms with Crippen LogP contribution >= 0.6 is 11.6 Å². The van der Waals surface area contributed by atoms with Crippen molar-refractivity contribution in [2.45, 2.75) is 13.0 Å². The van der Waals surface area contributed by atoms with Gasteiger partial charge in [-0.2, -0.15) is 0 Å². The van der Waals surface area contributed by atoms with Crippen LogP contribution in [0.1, 0.15) is 22.7 Å². The normalized spacial score (nSPS) is 17.5. The van der Waals surface area contributed by atoms with Crippen LogP contribution in [0.4, 0.5) is 5.95 Å². The summed E-state index contributed by atoms with van der Waals surface area (Å²) in [4.78, 5) is 39.6. The molecule has 1 aliphatic rings. The lowest BCUT2D eigenvalue weighted by Crippen LogP contribution is -2.30. The number of hydrogen-bond donors (Lipinski definition) is 2. The molecule has 2 aromatic heterocycles. The Morgan fingerprint density at radius 1 is 1.18 bits per heavy atom. The maximum atomic E-state index is 13.3. The van der Waals surface area contributed by atoms with Gasteiger partial charge in [0.2, 0.25) is 5.95 Å². The summed E-state index contributed by atoms with van der Waals surface area (Å²) in [7, 11) is 1.48. The highest BCUT2D eigenvalue weighted by atomic mass is 35.5. The van der Waals surface area contributed by atoms with Gasteiger partial charge in [-0.15, -0.1) is 0 Å². The van der Waals surface area contributed by atoms with E-state index in [1.54, 1.807) is 30.5 Å². The Bertz CT molecular complexity index is 1480. The third kappa shape index (κ3) is 3.48. The standard InChI is InChI=1S/C25H19ClN4O4/c1-13-5-8-18-19(10-13)29-25(28-18)30-21(14-4-3-9-27-12-14)20(23(32)24(30)33)22(31)16-11-15(34-2)6-7-17(16)26/h3-12,21,31H,1-2H3,(H,28,29)/b22-20+. The number of aryl methyl sites for hydroxylation is 1. The van der Waals surface area contributed by atoms with Crippen molar-refractivity contribution in [2.75, 3.05) is 12.0 Å². The highest BCUT2D eigenvalue weighted by Gasteiger charge is 2.48. The van der Waals surface area contributed by atoms with Crippen LogP contribution in [-0.2, 0) is 9.59 Å². The number of aliphatic hydroxyl groups is 1. The average molecular weight is 475 g/mol. The molecule has 170 valence electrons. The number of pyridine rings is 1. The minimum Gasteiger partial charge on any atom is -0.507 e. The van der Waals surface area contributed by atoms with E-state index in [2.05, 4.69) is 15.0 Å². The van der Waals surface area contributed by atoms with Crippen LogP contribution in [-0.4, -0.2) is 38.9 Å². The monoisotopic (exact) mass is 474 g/mol. The SMILES string of the molecule is COc1ccc(Cl)c(/C(O)=C2\C(=O)C(=O)N(c3nc4ccc(C)cc4[nH]3)C2c2cccnc2)c1. The lowest BCUT2D eigenvalue weighted by molar-refractivity contribution is -0.132. The number of amides is 1. The maximum Gasteiger partial charge on any atom is 0.302 e. The highest BCUT2D eigenvalue weighted by Crippen LogP contribution is 2.42. The summed E-state index contributed by atoms with van der Waals surface area (Å²) in [5.41, 5.74) is 2.96. The van der Waals surface area contributed by atoms with Crippen molar-refractivity contribution in [1.82, 2.24) is 15.0 Å². The van der Waals surface area contributed by atoms with E-state index >= 15 is 0 Å². The molecule has 4 aromatic rings. The molecular weight excluding hydrogens is 456 g/mol.